The van der Waals surface area contributed by atoms with Gasteiger partial charge in [0.15, 0.2) is 0 Å². The van der Waals surface area contributed by atoms with Crippen molar-refractivity contribution in [2.45, 2.75) is 20.3 Å². The molecule has 0 fully saturated rings. The van der Waals surface area contributed by atoms with Gasteiger partial charge in [0.05, 0.1) is 15.7 Å². The maximum atomic E-state index is 6.14. The molecule has 4 nitrogen and oxygen atoms in total. The first-order valence-electron chi connectivity index (χ1n) is 6.30. The zero-order valence-electron chi connectivity index (χ0n) is 11.1. The number of hydrogen-bond donors (Lipinski definition) is 1. The number of anilines is 2. The van der Waals surface area contributed by atoms with Crippen molar-refractivity contribution in [3.63, 3.8) is 0 Å². The zero-order chi connectivity index (χ0) is 14.1. The van der Waals surface area contributed by atoms with Gasteiger partial charge in [-0.1, -0.05) is 18.5 Å². The van der Waals surface area contributed by atoms with Crippen molar-refractivity contribution >= 4 is 44.7 Å². The minimum atomic E-state index is 0.498. The molecule has 3 rings (SSSR count). The molecule has 2 heterocycles. The Kier molecular flexibility index (Phi) is 3.54. The quantitative estimate of drug-likeness (QED) is 0.731. The molecular weight excluding hydrogens is 292 g/mol. The van der Waals surface area contributed by atoms with Crippen molar-refractivity contribution in [1.82, 2.24) is 15.0 Å². The molecule has 0 saturated carbocycles. The predicted molar refractivity (Wildman–Crippen MR) is 84.1 cm³/mol. The number of aryl methyl sites for hydroxylation is 1. The minimum Gasteiger partial charge on any atom is -0.340 e. The van der Waals surface area contributed by atoms with Crippen LogP contribution in [0.3, 0.4) is 0 Å². The Bertz CT molecular complexity index is 769. The van der Waals surface area contributed by atoms with Crippen molar-refractivity contribution in [3.8, 4) is 0 Å². The molecule has 0 saturated heterocycles. The molecule has 0 aliphatic heterocycles. The van der Waals surface area contributed by atoms with Crippen LogP contribution in [0.15, 0.2) is 23.7 Å². The van der Waals surface area contributed by atoms with Crippen LogP contribution in [-0.2, 0) is 6.42 Å². The maximum absolute atomic E-state index is 6.14. The van der Waals surface area contributed by atoms with E-state index in [-0.39, 0.29) is 0 Å². The first-order valence-corrected chi connectivity index (χ1v) is 7.56. The van der Waals surface area contributed by atoms with E-state index < -0.39 is 0 Å². The molecule has 0 spiro atoms. The molecule has 3 aromatic rings. The van der Waals surface area contributed by atoms with Gasteiger partial charge in [0.25, 0.3) is 0 Å². The van der Waals surface area contributed by atoms with Crippen LogP contribution < -0.4 is 5.32 Å². The van der Waals surface area contributed by atoms with Gasteiger partial charge in [-0.05, 0) is 25.1 Å². The Balaban J connectivity index is 1.99. The highest BCUT2D eigenvalue weighted by Gasteiger charge is 2.09. The summed E-state index contributed by atoms with van der Waals surface area (Å²) in [6.07, 6.45) is 0.753. The van der Waals surface area contributed by atoms with E-state index >= 15 is 0 Å². The molecule has 6 heteroatoms. The number of hydrogen-bond acceptors (Lipinski definition) is 5. The molecule has 0 aliphatic carbocycles. The number of nitrogens with one attached hydrogen (secondary N) is 1. The molecule has 20 heavy (non-hydrogen) atoms. The lowest BCUT2D eigenvalue weighted by molar-refractivity contribution is 0.934. The van der Waals surface area contributed by atoms with Crippen molar-refractivity contribution in [1.29, 1.82) is 0 Å². The number of aromatic nitrogens is 3. The van der Waals surface area contributed by atoms with E-state index in [4.69, 9.17) is 11.6 Å². The number of halogens is 1. The lowest BCUT2D eigenvalue weighted by Gasteiger charge is -2.11. The Hall–Kier alpha value is -1.72. The van der Waals surface area contributed by atoms with Gasteiger partial charge in [-0.25, -0.2) is 15.0 Å². The highest BCUT2D eigenvalue weighted by molar-refractivity contribution is 7.16. The number of benzene rings is 1. The van der Waals surface area contributed by atoms with Gasteiger partial charge in [0.2, 0.25) is 0 Å². The first kappa shape index (κ1) is 13.3. The molecule has 2 aromatic heterocycles. The summed E-state index contributed by atoms with van der Waals surface area (Å²) in [5, 5.41) is 3.81. The van der Waals surface area contributed by atoms with Gasteiger partial charge in [-0.15, -0.1) is 11.3 Å². The van der Waals surface area contributed by atoms with E-state index in [1.165, 1.54) is 0 Å². The van der Waals surface area contributed by atoms with Gasteiger partial charge < -0.3 is 5.32 Å². The van der Waals surface area contributed by atoms with Crippen molar-refractivity contribution < 1.29 is 0 Å². The molecule has 0 atom stereocenters. The van der Waals surface area contributed by atoms with Crippen LogP contribution in [0.2, 0.25) is 5.15 Å². The first-order chi connectivity index (χ1) is 9.67. The molecule has 1 N–H and O–H groups in total. The summed E-state index contributed by atoms with van der Waals surface area (Å²) in [5.41, 5.74) is 4.68. The minimum absolute atomic E-state index is 0.498. The highest BCUT2D eigenvalue weighted by Crippen LogP contribution is 2.27. The van der Waals surface area contributed by atoms with Crippen molar-refractivity contribution in [2.75, 3.05) is 5.32 Å². The van der Waals surface area contributed by atoms with E-state index in [0.717, 1.165) is 39.5 Å². The summed E-state index contributed by atoms with van der Waals surface area (Å²) < 4.78 is 1.14. The average Bonchev–Trinajstić information content (AvgIpc) is 2.91. The van der Waals surface area contributed by atoms with Crippen molar-refractivity contribution in [2.24, 2.45) is 0 Å². The fourth-order valence-corrected chi connectivity index (χ4v) is 2.79. The average molecular weight is 305 g/mol. The van der Waals surface area contributed by atoms with Crippen LogP contribution in [0.25, 0.3) is 10.2 Å². The number of nitrogens with zero attached hydrogens (tertiary/aromatic N) is 3. The molecule has 0 amide bonds. The normalized spacial score (nSPS) is 10.9. The molecule has 0 aliphatic rings. The second-order valence-electron chi connectivity index (χ2n) is 4.42. The Labute approximate surface area is 125 Å². The van der Waals surface area contributed by atoms with Crippen LogP contribution in [0.4, 0.5) is 11.5 Å². The SMILES string of the molecule is CCc1nc(Cl)c(C)c(Nc2ccc3ncsc3c2)n1. The monoisotopic (exact) mass is 304 g/mol. The lowest BCUT2D eigenvalue weighted by atomic mass is 10.2. The molecule has 0 unspecified atom stereocenters. The Morgan fingerprint density at radius 2 is 2.15 bits per heavy atom. The van der Waals surface area contributed by atoms with Crippen LogP contribution in [0, 0.1) is 6.92 Å². The predicted octanol–water partition coefficient (Wildman–Crippen LogP) is 4.35. The molecule has 1 aromatic carbocycles. The summed E-state index contributed by atoms with van der Waals surface area (Å²) in [5.74, 6) is 1.49. The van der Waals surface area contributed by atoms with E-state index in [1.54, 1.807) is 11.3 Å². The van der Waals surface area contributed by atoms with Gasteiger partial charge in [-0.2, -0.15) is 0 Å². The Morgan fingerprint density at radius 1 is 1.30 bits per heavy atom. The third kappa shape index (κ3) is 2.46. The number of fused-ring (bicyclic) bond motifs is 1. The molecule has 0 bridgehead atoms. The van der Waals surface area contributed by atoms with Crippen LogP contribution in [0.5, 0.6) is 0 Å². The largest absolute Gasteiger partial charge is 0.340 e. The molecule has 0 radical (unpaired) electrons. The van der Waals surface area contributed by atoms with Gasteiger partial charge in [-0.3, -0.25) is 0 Å². The standard InChI is InChI=1S/C14H13ClN4S/c1-3-12-18-13(15)8(2)14(19-12)17-9-4-5-10-11(6-9)20-7-16-10/h4-7H,3H2,1-2H3,(H,17,18,19). The van der Waals surface area contributed by atoms with E-state index in [9.17, 15) is 0 Å². The second-order valence-corrected chi connectivity index (χ2v) is 5.66. The summed E-state index contributed by atoms with van der Waals surface area (Å²) in [7, 11) is 0. The molecule has 102 valence electrons. The number of thiazole rings is 1. The fraction of sp³-hybridized carbons (Fsp3) is 0.214. The van der Waals surface area contributed by atoms with E-state index in [0.29, 0.717) is 5.15 Å². The second kappa shape index (κ2) is 5.34. The molecular formula is C14H13ClN4S. The summed E-state index contributed by atoms with van der Waals surface area (Å²) in [6, 6.07) is 6.05. The summed E-state index contributed by atoms with van der Waals surface area (Å²) in [6.45, 7) is 3.92. The van der Waals surface area contributed by atoms with Gasteiger partial charge >= 0.3 is 0 Å². The van der Waals surface area contributed by atoms with E-state index in [2.05, 4.69) is 26.3 Å². The van der Waals surface area contributed by atoms with Crippen molar-refractivity contribution in [3.05, 3.63) is 40.3 Å². The third-order valence-electron chi connectivity index (χ3n) is 3.04. The topological polar surface area (TPSA) is 50.7 Å². The van der Waals surface area contributed by atoms with E-state index in [1.807, 2.05) is 31.5 Å². The summed E-state index contributed by atoms with van der Waals surface area (Å²) >= 11 is 7.76. The summed E-state index contributed by atoms with van der Waals surface area (Å²) in [4.78, 5) is 13.0. The Morgan fingerprint density at radius 3 is 2.95 bits per heavy atom. The fourth-order valence-electron chi connectivity index (χ4n) is 1.88. The maximum Gasteiger partial charge on any atom is 0.138 e. The van der Waals surface area contributed by atoms with Gasteiger partial charge in [0, 0.05) is 17.7 Å². The number of rotatable bonds is 3. The third-order valence-corrected chi connectivity index (χ3v) is 4.20. The van der Waals surface area contributed by atoms with Crippen LogP contribution in [0.1, 0.15) is 18.3 Å². The zero-order valence-corrected chi connectivity index (χ0v) is 12.7. The van der Waals surface area contributed by atoms with Crippen LogP contribution in [-0.4, -0.2) is 15.0 Å². The van der Waals surface area contributed by atoms with Gasteiger partial charge in [0.1, 0.15) is 16.8 Å². The highest BCUT2D eigenvalue weighted by atomic mass is 35.5. The lowest BCUT2D eigenvalue weighted by Crippen LogP contribution is -2.03. The van der Waals surface area contributed by atoms with Crippen LogP contribution >= 0.6 is 22.9 Å². The smallest absolute Gasteiger partial charge is 0.138 e.